The largest absolute Gasteiger partial charge is 0.489 e. The second-order valence-corrected chi connectivity index (χ2v) is 27.0. The van der Waals surface area contributed by atoms with E-state index in [1.54, 1.807) is 0 Å². The lowest BCUT2D eigenvalue weighted by atomic mass is 9.72. The highest BCUT2D eigenvalue weighted by Gasteiger charge is 2.23. The molecule has 0 saturated carbocycles. The van der Waals surface area contributed by atoms with Crippen LogP contribution in [0.2, 0.25) is 0 Å². The zero-order valence-electron chi connectivity index (χ0n) is 55.3. The van der Waals surface area contributed by atoms with Crippen molar-refractivity contribution in [3.8, 4) is 77.9 Å². The van der Waals surface area contributed by atoms with Crippen LogP contribution in [-0.2, 0) is 0 Å². The maximum Gasteiger partial charge on any atom is 0.489 e. The second kappa shape index (κ2) is 26.4. The Morgan fingerprint density at radius 1 is 0.196 bits per heavy atom. The van der Waals surface area contributed by atoms with Crippen molar-refractivity contribution < 1.29 is 18.9 Å². The molecule has 20 rings (SSSR count). The maximum atomic E-state index is 10.1. The van der Waals surface area contributed by atoms with Crippen LogP contribution >= 0.6 is 15.9 Å². The van der Waals surface area contributed by atoms with Gasteiger partial charge in [0.05, 0.1) is 0 Å². The molecule has 102 heavy (non-hydrogen) atoms. The van der Waals surface area contributed by atoms with Gasteiger partial charge in [-0.25, -0.2) is 0 Å². The fourth-order valence-corrected chi connectivity index (χ4v) is 15.4. The summed E-state index contributed by atoms with van der Waals surface area (Å²) in [5.41, 5.74) is 21.1. The van der Waals surface area contributed by atoms with Gasteiger partial charge in [0.1, 0.15) is 22.3 Å². The predicted molar refractivity (Wildman–Crippen MR) is 434 cm³/mol. The molecule has 0 spiro atoms. The summed E-state index contributed by atoms with van der Waals surface area (Å²) in [6, 6.07) is 128. The third-order valence-corrected chi connectivity index (χ3v) is 20.6. The zero-order valence-corrected chi connectivity index (χ0v) is 56.9. The number of rotatable bonds is 8. The van der Waals surface area contributed by atoms with Crippen LogP contribution in [0.25, 0.3) is 186 Å². The van der Waals surface area contributed by atoms with E-state index in [-0.39, 0.29) is 0 Å². The Kier molecular flexibility index (Phi) is 16.0. The number of fused-ring (bicyclic) bond motifs is 12. The van der Waals surface area contributed by atoms with Crippen molar-refractivity contribution in [2.24, 2.45) is 0 Å². The van der Waals surface area contributed by atoms with E-state index >= 15 is 0 Å². The highest BCUT2D eigenvalue weighted by atomic mass is 79.9. The molecule has 20 aromatic rings. The molecule has 4 nitrogen and oxygen atoms in total. The molecule has 0 bridgehead atoms. The Labute approximate surface area is 598 Å². The molecule has 0 aliphatic carbocycles. The normalized spacial score (nSPS) is 11.5. The van der Waals surface area contributed by atoms with Crippen molar-refractivity contribution in [3.63, 3.8) is 0 Å². The van der Waals surface area contributed by atoms with Crippen LogP contribution in [0.5, 0.6) is 0 Å². The average Bonchev–Trinajstić information content (AvgIpc) is 1.10. The molecule has 0 fully saturated rings. The van der Waals surface area contributed by atoms with Gasteiger partial charge in [0, 0.05) is 26.0 Å². The molecular weight excluding hydrogens is 1310 g/mol. The van der Waals surface area contributed by atoms with E-state index < -0.39 is 7.12 Å². The Hall–Kier alpha value is -12.4. The van der Waals surface area contributed by atoms with Crippen LogP contribution in [0.3, 0.4) is 0 Å². The number of hydrogen-bond donors (Lipinski definition) is 2. The monoisotopic (exact) mass is 1370 g/mol. The SMILES string of the molecule is Brc1ccc(-c2ccc3oc4cc5ccccc5cc4c3c2)cc1.OB(O)c1c2ccccc2c(-c2ccc(-c3ccccc3)cc2)c2ccccc12.c1ccc(-c2ccc(-c3c4ccccc4c(-c4ccc(-c5ccc6oc7cc8ccccc8cc7c6c5)cc4)c4ccccc34)cc2)cc1. The van der Waals surface area contributed by atoms with Crippen LogP contribution in [-0.4, -0.2) is 17.2 Å². The van der Waals surface area contributed by atoms with Gasteiger partial charge in [-0.1, -0.05) is 319 Å². The van der Waals surface area contributed by atoms with Gasteiger partial charge >= 0.3 is 7.12 Å². The zero-order chi connectivity index (χ0) is 68.2. The first-order valence-corrected chi connectivity index (χ1v) is 35.2. The third-order valence-electron chi connectivity index (χ3n) is 20.1. The molecule has 0 radical (unpaired) electrons. The van der Waals surface area contributed by atoms with E-state index in [9.17, 15) is 10.0 Å². The topological polar surface area (TPSA) is 66.7 Å². The summed E-state index contributed by atoms with van der Waals surface area (Å²) >= 11 is 3.49. The fourth-order valence-electron chi connectivity index (χ4n) is 15.2. The minimum Gasteiger partial charge on any atom is -0.456 e. The lowest BCUT2D eigenvalue weighted by Gasteiger charge is -2.18. The molecule has 2 aromatic heterocycles. The first kappa shape index (κ1) is 61.9. The van der Waals surface area contributed by atoms with E-state index in [4.69, 9.17) is 8.83 Å². The molecule has 0 unspecified atom stereocenters. The first-order chi connectivity index (χ1) is 50.3. The summed E-state index contributed by atoms with van der Waals surface area (Å²) in [6.07, 6.45) is 0. The van der Waals surface area contributed by atoms with E-state index in [0.717, 1.165) is 75.6 Å². The van der Waals surface area contributed by atoms with E-state index in [1.165, 1.54) is 115 Å². The summed E-state index contributed by atoms with van der Waals surface area (Å²) in [4.78, 5) is 0. The summed E-state index contributed by atoms with van der Waals surface area (Å²) in [6.45, 7) is 0. The predicted octanol–water partition coefficient (Wildman–Crippen LogP) is 25.9. The van der Waals surface area contributed by atoms with E-state index in [2.05, 4.69) is 313 Å². The van der Waals surface area contributed by atoms with Crippen LogP contribution in [0, 0.1) is 0 Å². The summed E-state index contributed by atoms with van der Waals surface area (Å²) in [7, 11) is -1.53. The van der Waals surface area contributed by atoms with Gasteiger partial charge in [-0.3, -0.25) is 0 Å². The van der Waals surface area contributed by atoms with Gasteiger partial charge in [0.2, 0.25) is 0 Å². The van der Waals surface area contributed by atoms with Crippen molar-refractivity contribution in [1.82, 2.24) is 0 Å². The summed E-state index contributed by atoms with van der Waals surface area (Å²) in [5.74, 6) is 0. The minimum atomic E-state index is -1.53. The number of hydrogen-bond acceptors (Lipinski definition) is 4. The molecule has 18 aromatic carbocycles. The molecular formula is C96H62BBrO4. The van der Waals surface area contributed by atoms with Gasteiger partial charge in [-0.15, -0.1) is 0 Å². The third kappa shape index (κ3) is 11.4. The van der Waals surface area contributed by atoms with Crippen molar-refractivity contribution >= 4 is 137 Å². The molecule has 2 N–H and O–H groups in total. The first-order valence-electron chi connectivity index (χ1n) is 34.4. The standard InChI is InChI=1S/C48H30O.C26H19BO2.C22H13BrO/c1-2-10-31(11-3-1)32-18-22-34(23-19-32)47-39-14-6-8-16-41(39)48(42-17-9-7-15-40(42)47)35-24-20-33(21-25-35)38-26-27-45-43(29-38)44-28-36-12-4-5-13-37(36)30-46(44)49-45;28-27(29)26-23-12-6-4-10-21(23)25(22-11-5-7-13-24(22)26)20-16-14-19(15-17-20)18-8-2-1-3-9-18;23-18-8-5-14(6-9-18)17-7-10-21-19(12-17)20-11-15-3-1-2-4-16(15)13-22(20)24-21/h1-30H;1-17,28-29H;1-13H. The van der Waals surface area contributed by atoms with Gasteiger partial charge in [-0.2, -0.15) is 0 Å². The molecule has 0 aliphatic heterocycles. The molecule has 6 heteroatoms. The number of halogens is 1. The van der Waals surface area contributed by atoms with Crippen molar-refractivity contribution in [3.05, 3.63) is 368 Å². The lowest BCUT2D eigenvalue weighted by molar-refractivity contribution is 0.426. The van der Waals surface area contributed by atoms with Crippen molar-refractivity contribution in [2.45, 2.75) is 0 Å². The lowest BCUT2D eigenvalue weighted by Crippen LogP contribution is -2.31. The van der Waals surface area contributed by atoms with Crippen LogP contribution in [0.4, 0.5) is 0 Å². The van der Waals surface area contributed by atoms with Gasteiger partial charge in [-0.05, 0) is 209 Å². The quantitative estimate of drug-likeness (QED) is 0.118. The average molecular weight is 1370 g/mol. The van der Waals surface area contributed by atoms with E-state index in [0.29, 0.717) is 5.46 Å². The molecule has 2 heterocycles. The van der Waals surface area contributed by atoms with Gasteiger partial charge < -0.3 is 18.9 Å². The van der Waals surface area contributed by atoms with E-state index in [1.807, 2.05) is 66.7 Å². The Morgan fingerprint density at radius 3 is 0.784 bits per heavy atom. The van der Waals surface area contributed by atoms with Crippen LogP contribution in [0.15, 0.2) is 377 Å². The Bertz CT molecular complexity index is 6450. The molecule has 0 amide bonds. The molecule has 0 saturated heterocycles. The molecule has 480 valence electrons. The van der Waals surface area contributed by atoms with Crippen LogP contribution in [0.1, 0.15) is 0 Å². The summed E-state index contributed by atoms with van der Waals surface area (Å²) in [5, 5.41) is 38.5. The highest BCUT2D eigenvalue weighted by Crippen LogP contribution is 2.46. The molecule has 0 aliphatic rings. The Balaban J connectivity index is 0.000000119. The van der Waals surface area contributed by atoms with Crippen molar-refractivity contribution in [2.75, 3.05) is 0 Å². The van der Waals surface area contributed by atoms with Crippen LogP contribution < -0.4 is 5.46 Å². The van der Waals surface area contributed by atoms with Gasteiger partial charge in [0.25, 0.3) is 0 Å². The number of benzene rings is 18. The maximum absolute atomic E-state index is 10.1. The Morgan fingerprint density at radius 2 is 0.441 bits per heavy atom. The molecule has 0 atom stereocenters. The minimum absolute atomic E-state index is 0.556. The fraction of sp³-hybridized carbons (Fsp3) is 0. The van der Waals surface area contributed by atoms with Crippen molar-refractivity contribution in [1.29, 1.82) is 0 Å². The number of furan rings is 2. The summed E-state index contributed by atoms with van der Waals surface area (Å²) < 4.78 is 13.4. The highest BCUT2D eigenvalue weighted by molar-refractivity contribution is 9.10. The van der Waals surface area contributed by atoms with Gasteiger partial charge in [0.15, 0.2) is 0 Å². The second-order valence-electron chi connectivity index (χ2n) is 26.1. The smallest absolute Gasteiger partial charge is 0.456 e.